The highest BCUT2D eigenvalue weighted by molar-refractivity contribution is 6.09. The first-order chi connectivity index (χ1) is 13.3. The number of rotatable bonds is 3. The number of nitrogens with zero attached hydrogens (tertiary/aromatic N) is 2. The first-order valence-corrected chi connectivity index (χ1v) is 10.4. The number of carbonyl (C=O) groups excluding carboxylic acids is 3. The second kappa shape index (κ2) is 6.90. The number of hydrogen-bond acceptors (Lipinski definition) is 3. The molecule has 2 fully saturated rings. The number of benzene rings is 1. The molecule has 0 radical (unpaired) electrons. The third-order valence-electron chi connectivity index (χ3n) is 6.65. The second-order valence-corrected chi connectivity index (χ2v) is 8.76. The molecule has 1 aliphatic carbocycles. The Hall–Kier alpha value is -2.37. The Kier molecular flexibility index (Phi) is 4.68. The average Bonchev–Trinajstić information content (AvgIpc) is 2.82. The molecule has 1 saturated heterocycles. The van der Waals surface area contributed by atoms with E-state index in [0.717, 1.165) is 30.5 Å². The highest BCUT2D eigenvalue weighted by Gasteiger charge is 2.52. The molecule has 1 saturated carbocycles. The first kappa shape index (κ1) is 19.0. The van der Waals surface area contributed by atoms with Gasteiger partial charge in [-0.3, -0.25) is 14.4 Å². The number of fused-ring (bicyclic) bond motifs is 2. The maximum absolute atomic E-state index is 13.2. The maximum atomic E-state index is 13.2. The lowest BCUT2D eigenvalue weighted by Crippen LogP contribution is -2.51. The van der Waals surface area contributed by atoms with Crippen molar-refractivity contribution in [2.45, 2.75) is 57.4 Å². The van der Waals surface area contributed by atoms with Crippen LogP contribution in [-0.2, 0) is 15.0 Å². The van der Waals surface area contributed by atoms with Crippen LogP contribution in [0.3, 0.4) is 0 Å². The molecular formula is C22H29N3O3. The molecular weight excluding hydrogens is 354 g/mol. The van der Waals surface area contributed by atoms with E-state index in [9.17, 15) is 14.4 Å². The lowest BCUT2D eigenvalue weighted by molar-refractivity contribution is -0.141. The van der Waals surface area contributed by atoms with Crippen LogP contribution >= 0.6 is 0 Å². The van der Waals surface area contributed by atoms with Gasteiger partial charge in [-0.25, -0.2) is 0 Å². The summed E-state index contributed by atoms with van der Waals surface area (Å²) in [5, 5.41) is 2.92. The molecule has 1 aromatic rings. The normalized spacial score (nSPS) is 21.1. The quantitative estimate of drug-likeness (QED) is 0.872. The van der Waals surface area contributed by atoms with E-state index in [1.54, 1.807) is 18.0 Å². The Morgan fingerprint density at radius 1 is 1.18 bits per heavy atom. The number of amides is 3. The van der Waals surface area contributed by atoms with Crippen LogP contribution in [-0.4, -0.2) is 48.8 Å². The summed E-state index contributed by atoms with van der Waals surface area (Å²) >= 11 is 0. The van der Waals surface area contributed by atoms with Gasteiger partial charge < -0.3 is 15.1 Å². The van der Waals surface area contributed by atoms with E-state index < -0.39 is 5.41 Å². The molecule has 3 aliphatic rings. The van der Waals surface area contributed by atoms with Crippen molar-refractivity contribution < 1.29 is 14.4 Å². The number of likely N-dealkylation sites (tertiary alicyclic amines) is 1. The molecule has 6 heteroatoms. The van der Waals surface area contributed by atoms with E-state index in [4.69, 9.17) is 0 Å². The number of hydrogen-bond donors (Lipinski definition) is 1. The smallest absolute Gasteiger partial charge is 0.251 e. The molecule has 1 aromatic carbocycles. The molecule has 0 atom stereocenters. The molecule has 0 bridgehead atoms. The van der Waals surface area contributed by atoms with Crippen molar-refractivity contribution in [3.8, 4) is 0 Å². The van der Waals surface area contributed by atoms with Gasteiger partial charge in [-0.2, -0.15) is 0 Å². The zero-order valence-corrected chi connectivity index (χ0v) is 17.0. The molecule has 0 unspecified atom stereocenters. The van der Waals surface area contributed by atoms with Crippen molar-refractivity contribution in [1.82, 2.24) is 10.2 Å². The number of likely N-dealkylation sites (N-methyl/N-ethyl adjacent to an activating group) is 1. The van der Waals surface area contributed by atoms with Gasteiger partial charge in [0.2, 0.25) is 11.8 Å². The minimum absolute atomic E-state index is 0.0553. The lowest BCUT2D eigenvalue weighted by Gasteiger charge is -2.40. The fourth-order valence-corrected chi connectivity index (χ4v) is 4.75. The zero-order chi connectivity index (χ0) is 20.1. The summed E-state index contributed by atoms with van der Waals surface area (Å²) in [6, 6.07) is 5.61. The van der Waals surface area contributed by atoms with Crippen LogP contribution < -0.4 is 10.2 Å². The zero-order valence-electron chi connectivity index (χ0n) is 17.0. The highest BCUT2D eigenvalue weighted by atomic mass is 16.2. The number of piperidine rings is 1. The van der Waals surface area contributed by atoms with Crippen LogP contribution in [0.4, 0.5) is 5.69 Å². The van der Waals surface area contributed by atoms with Gasteiger partial charge in [-0.05, 0) is 63.3 Å². The van der Waals surface area contributed by atoms with E-state index in [0.29, 0.717) is 31.5 Å². The SMILES string of the molecule is CC(C)NC(=O)c1ccc2c(c1)C1(CCN(C(=O)C3CCC3)CC1)C(=O)N2C. The Bertz CT molecular complexity index is 820. The monoisotopic (exact) mass is 383 g/mol. The largest absolute Gasteiger partial charge is 0.350 e. The maximum Gasteiger partial charge on any atom is 0.251 e. The van der Waals surface area contributed by atoms with Gasteiger partial charge in [0.1, 0.15) is 0 Å². The molecule has 6 nitrogen and oxygen atoms in total. The fourth-order valence-electron chi connectivity index (χ4n) is 4.75. The standard InChI is InChI=1S/C22H29N3O3/c1-14(2)23-19(26)16-7-8-18-17(13-16)22(21(28)24(18)3)9-11-25(12-10-22)20(27)15-5-4-6-15/h7-8,13-15H,4-6,9-12H2,1-3H3,(H,23,26). The van der Waals surface area contributed by atoms with Gasteiger partial charge in [0.15, 0.2) is 0 Å². The average molecular weight is 383 g/mol. The van der Waals surface area contributed by atoms with Crippen molar-refractivity contribution in [2.24, 2.45) is 5.92 Å². The molecule has 1 N–H and O–H groups in total. The molecule has 2 aliphatic heterocycles. The van der Waals surface area contributed by atoms with Crippen LogP contribution in [0.5, 0.6) is 0 Å². The van der Waals surface area contributed by atoms with Crippen molar-refractivity contribution in [1.29, 1.82) is 0 Å². The van der Waals surface area contributed by atoms with Crippen molar-refractivity contribution >= 4 is 23.4 Å². The number of anilines is 1. The van der Waals surface area contributed by atoms with Gasteiger partial charge in [0.25, 0.3) is 5.91 Å². The van der Waals surface area contributed by atoms with Crippen LogP contribution in [0.15, 0.2) is 18.2 Å². The van der Waals surface area contributed by atoms with Gasteiger partial charge in [0.05, 0.1) is 5.41 Å². The molecule has 150 valence electrons. The van der Waals surface area contributed by atoms with E-state index in [2.05, 4.69) is 5.32 Å². The molecule has 1 spiro atoms. The lowest BCUT2D eigenvalue weighted by atomic mass is 9.72. The summed E-state index contributed by atoms with van der Waals surface area (Å²) in [4.78, 5) is 41.9. The van der Waals surface area contributed by atoms with Crippen LogP contribution in [0.1, 0.15) is 61.9 Å². The third-order valence-corrected chi connectivity index (χ3v) is 6.65. The molecule has 3 amide bonds. The Morgan fingerprint density at radius 2 is 1.86 bits per heavy atom. The van der Waals surface area contributed by atoms with E-state index in [1.165, 1.54) is 0 Å². The third kappa shape index (κ3) is 2.90. The summed E-state index contributed by atoms with van der Waals surface area (Å²) in [5.41, 5.74) is 1.79. The van der Waals surface area contributed by atoms with Crippen LogP contribution in [0.25, 0.3) is 0 Å². The van der Waals surface area contributed by atoms with Crippen molar-refractivity contribution in [3.63, 3.8) is 0 Å². The second-order valence-electron chi connectivity index (χ2n) is 8.76. The van der Waals surface area contributed by atoms with E-state index >= 15 is 0 Å². The fraction of sp³-hybridized carbons (Fsp3) is 0.591. The molecule has 2 heterocycles. The van der Waals surface area contributed by atoms with Gasteiger partial charge in [-0.15, -0.1) is 0 Å². The van der Waals surface area contributed by atoms with Gasteiger partial charge in [0, 0.05) is 43.3 Å². The van der Waals surface area contributed by atoms with E-state index in [-0.39, 0.29) is 29.7 Å². The summed E-state index contributed by atoms with van der Waals surface area (Å²) in [6.45, 7) is 5.07. The van der Waals surface area contributed by atoms with E-state index in [1.807, 2.05) is 30.9 Å². The predicted molar refractivity (Wildman–Crippen MR) is 107 cm³/mol. The highest BCUT2D eigenvalue weighted by Crippen LogP contribution is 2.48. The van der Waals surface area contributed by atoms with Crippen molar-refractivity contribution in [3.05, 3.63) is 29.3 Å². The summed E-state index contributed by atoms with van der Waals surface area (Å²) in [7, 11) is 1.80. The molecule has 28 heavy (non-hydrogen) atoms. The van der Waals surface area contributed by atoms with Crippen molar-refractivity contribution in [2.75, 3.05) is 25.0 Å². The summed E-state index contributed by atoms with van der Waals surface area (Å²) < 4.78 is 0. The molecule has 4 rings (SSSR count). The minimum atomic E-state index is -0.616. The Morgan fingerprint density at radius 3 is 2.43 bits per heavy atom. The number of nitrogens with one attached hydrogen (secondary N) is 1. The molecule has 0 aromatic heterocycles. The predicted octanol–water partition coefficient (Wildman–Crippen LogP) is 2.46. The van der Waals surface area contributed by atoms with Crippen LogP contribution in [0, 0.1) is 5.92 Å². The Balaban J connectivity index is 1.60. The summed E-state index contributed by atoms with van der Waals surface area (Å²) in [5.74, 6) is 0.409. The first-order valence-electron chi connectivity index (χ1n) is 10.4. The Labute approximate surface area is 166 Å². The minimum Gasteiger partial charge on any atom is -0.350 e. The van der Waals surface area contributed by atoms with Gasteiger partial charge >= 0.3 is 0 Å². The topological polar surface area (TPSA) is 69.7 Å². The number of carbonyl (C=O) groups is 3. The summed E-state index contributed by atoms with van der Waals surface area (Å²) in [6.07, 6.45) is 4.39. The van der Waals surface area contributed by atoms with Gasteiger partial charge in [-0.1, -0.05) is 6.42 Å². The van der Waals surface area contributed by atoms with Crippen LogP contribution in [0.2, 0.25) is 0 Å².